The van der Waals surface area contributed by atoms with Crippen molar-refractivity contribution in [2.75, 3.05) is 7.11 Å². The molecule has 0 unspecified atom stereocenters. The van der Waals surface area contributed by atoms with Crippen LogP contribution in [-0.2, 0) is 0 Å². The number of benzene rings is 1. The molecule has 5 nitrogen and oxygen atoms in total. The molecule has 106 valence electrons. The molecule has 1 aromatic heterocycles. The summed E-state index contributed by atoms with van der Waals surface area (Å²) >= 11 is 3.45. The molecule has 1 heterocycles. The summed E-state index contributed by atoms with van der Waals surface area (Å²) in [5, 5.41) is 12.7. The van der Waals surface area contributed by atoms with E-state index >= 15 is 0 Å². The second-order valence-corrected chi connectivity index (χ2v) is 5.53. The quantitative estimate of drug-likeness (QED) is 0.913. The van der Waals surface area contributed by atoms with E-state index in [1.807, 2.05) is 12.1 Å². The molecular formula is C14H14BrNO4. The highest BCUT2D eigenvalue weighted by Crippen LogP contribution is 2.39. The first-order valence-corrected chi connectivity index (χ1v) is 6.81. The SMILES string of the molecule is COc1c(-c2cc(C(=O)O)on2)cc(Br)cc1C(C)C. The second-order valence-electron chi connectivity index (χ2n) is 4.61. The summed E-state index contributed by atoms with van der Waals surface area (Å²) in [6.45, 7) is 4.11. The summed E-state index contributed by atoms with van der Waals surface area (Å²) in [6, 6.07) is 5.19. The van der Waals surface area contributed by atoms with Gasteiger partial charge in [0.05, 0.1) is 7.11 Å². The number of hydrogen-bond donors (Lipinski definition) is 1. The lowest BCUT2D eigenvalue weighted by Crippen LogP contribution is -1.97. The van der Waals surface area contributed by atoms with E-state index in [1.54, 1.807) is 7.11 Å². The molecule has 0 aliphatic carbocycles. The van der Waals surface area contributed by atoms with Crippen molar-refractivity contribution >= 4 is 21.9 Å². The van der Waals surface area contributed by atoms with Crippen molar-refractivity contribution < 1.29 is 19.2 Å². The van der Waals surface area contributed by atoms with Crippen molar-refractivity contribution in [1.82, 2.24) is 5.16 Å². The number of ether oxygens (including phenoxy) is 1. The van der Waals surface area contributed by atoms with E-state index in [4.69, 9.17) is 14.4 Å². The maximum absolute atomic E-state index is 10.9. The topological polar surface area (TPSA) is 72.6 Å². The smallest absolute Gasteiger partial charge is 0.374 e. The molecule has 0 amide bonds. The Kier molecular flexibility index (Phi) is 4.13. The molecule has 0 saturated heterocycles. The van der Waals surface area contributed by atoms with Crippen LogP contribution in [0.25, 0.3) is 11.3 Å². The third-order valence-electron chi connectivity index (χ3n) is 2.91. The van der Waals surface area contributed by atoms with E-state index in [1.165, 1.54) is 6.07 Å². The van der Waals surface area contributed by atoms with Gasteiger partial charge >= 0.3 is 5.97 Å². The number of aromatic nitrogens is 1. The Bertz CT molecular complexity index is 649. The van der Waals surface area contributed by atoms with Crippen LogP contribution in [0.4, 0.5) is 0 Å². The third kappa shape index (κ3) is 2.70. The number of hydrogen-bond acceptors (Lipinski definition) is 4. The minimum atomic E-state index is -1.15. The summed E-state index contributed by atoms with van der Waals surface area (Å²) in [7, 11) is 1.58. The van der Waals surface area contributed by atoms with Gasteiger partial charge in [-0.25, -0.2) is 4.79 Å². The Hall–Kier alpha value is -1.82. The number of carbonyl (C=O) groups is 1. The lowest BCUT2D eigenvalue weighted by molar-refractivity contribution is 0.0652. The molecule has 0 fully saturated rings. The van der Waals surface area contributed by atoms with Crippen molar-refractivity contribution in [2.24, 2.45) is 0 Å². The maximum atomic E-state index is 10.9. The molecule has 0 atom stereocenters. The third-order valence-corrected chi connectivity index (χ3v) is 3.36. The first-order chi connectivity index (χ1) is 9.43. The normalized spacial score (nSPS) is 10.8. The monoisotopic (exact) mass is 339 g/mol. The fraction of sp³-hybridized carbons (Fsp3) is 0.286. The Morgan fingerprint density at radius 2 is 2.10 bits per heavy atom. The van der Waals surface area contributed by atoms with E-state index in [0.717, 1.165) is 10.0 Å². The first-order valence-electron chi connectivity index (χ1n) is 6.01. The summed E-state index contributed by atoms with van der Waals surface area (Å²) in [6.07, 6.45) is 0. The number of halogens is 1. The largest absolute Gasteiger partial charge is 0.496 e. The molecule has 6 heteroatoms. The molecule has 1 aromatic carbocycles. The molecule has 0 aliphatic rings. The molecule has 0 aliphatic heterocycles. The van der Waals surface area contributed by atoms with Crippen LogP contribution in [0, 0.1) is 0 Å². The van der Waals surface area contributed by atoms with Crippen molar-refractivity contribution in [2.45, 2.75) is 19.8 Å². The van der Waals surface area contributed by atoms with Gasteiger partial charge in [0.2, 0.25) is 5.76 Å². The van der Waals surface area contributed by atoms with Gasteiger partial charge in [0.15, 0.2) is 0 Å². The van der Waals surface area contributed by atoms with Crippen LogP contribution in [0.1, 0.15) is 35.9 Å². The first kappa shape index (κ1) is 14.6. The molecule has 1 N–H and O–H groups in total. The fourth-order valence-electron chi connectivity index (χ4n) is 1.96. The molecule has 0 spiro atoms. The summed E-state index contributed by atoms with van der Waals surface area (Å²) in [4.78, 5) is 10.9. The minimum Gasteiger partial charge on any atom is -0.496 e. The zero-order chi connectivity index (χ0) is 14.9. The maximum Gasteiger partial charge on any atom is 0.374 e. The molecule has 2 rings (SSSR count). The van der Waals surface area contributed by atoms with Crippen molar-refractivity contribution in [1.29, 1.82) is 0 Å². The van der Waals surface area contributed by atoms with E-state index < -0.39 is 5.97 Å². The zero-order valence-corrected chi connectivity index (χ0v) is 12.9. The van der Waals surface area contributed by atoms with Crippen LogP contribution in [0.2, 0.25) is 0 Å². The van der Waals surface area contributed by atoms with Crippen LogP contribution >= 0.6 is 15.9 Å². The van der Waals surface area contributed by atoms with E-state index in [9.17, 15) is 4.79 Å². The van der Waals surface area contributed by atoms with Gasteiger partial charge in [0, 0.05) is 16.1 Å². The minimum absolute atomic E-state index is 0.201. The number of aromatic carboxylic acids is 1. The predicted octanol–water partition coefficient (Wildman–Crippen LogP) is 3.93. The van der Waals surface area contributed by atoms with Gasteiger partial charge in [-0.05, 0) is 23.6 Å². The molecule has 0 radical (unpaired) electrons. The van der Waals surface area contributed by atoms with Crippen LogP contribution in [-0.4, -0.2) is 23.3 Å². The highest BCUT2D eigenvalue weighted by atomic mass is 79.9. The van der Waals surface area contributed by atoms with Gasteiger partial charge in [0.25, 0.3) is 0 Å². The van der Waals surface area contributed by atoms with E-state index in [2.05, 4.69) is 34.9 Å². The van der Waals surface area contributed by atoms with Gasteiger partial charge < -0.3 is 14.4 Å². The van der Waals surface area contributed by atoms with Crippen LogP contribution in [0.15, 0.2) is 27.2 Å². The van der Waals surface area contributed by atoms with Crippen LogP contribution in [0.3, 0.4) is 0 Å². The standard InChI is InChI=1S/C14H14BrNO4/c1-7(2)9-4-8(15)5-10(13(9)19-3)11-6-12(14(17)18)20-16-11/h4-7H,1-3H3,(H,17,18). The Balaban J connectivity index is 2.62. The van der Waals surface area contributed by atoms with Crippen molar-refractivity contribution in [3.63, 3.8) is 0 Å². The van der Waals surface area contributed by atoms with Gasteiger partial charge in [-0.3, -0.25) is 0 Å². The zero-order valence-electron chi connectivity index (χ0n) is 11.3. The Labute approximate surface area is 124 Å². The highest BCUT2D eigenvalue weighted by molar-refractivity contribution is 9.10. The summed E-state index contributed by atoms with van der Waals surface area (Å²) in [5.74, 6) is -0.421. The number of carboxylic acid groups (broad SMARTS) is 1. The average molecular weight is 340 g/mol. The number of rotatable bonds is 4. The molecule has 0 bridgehead atoms. The Morgan fingerprint density at radius 1 is 1.40 bits per heavy atom. The second kappa shape index (κ2) is 5.66. The van der Waals surface area contributed by atoms with Crippen LogP contribution in [0.5, 0.6) is 5.75 Å². The molecule has 0 saturated carbocycles. The molecular weight excluding hydrogens is 326 g/mol. The predicted molar refractivity (Wildman–Crippen MR) is 77.2 cm³/mol. The summed E-state index contributed by atoms with van der Waals surface area (Å²) in [5.41, 5.74) is 2.14. The Morgan fingerprint density at radius 3 is 2.60 bits per heavy atom. The van der Waals surface area contributed by atoms with Gasteiger partial charge in [-0.15, -0.1) is 0 Å². The average Bonchev–Trinajstić information content (AvgIpc) is 2.87. The van der Waals surface area contributed by atoms with Crippen molar-refractivity contribution in [3.8, 4) is 17.0 Å². The molecule has 20 heavy (non-hydrogen) atoms. The van der Waals surface area contributed by atoms with E-state index in [-0.39, 0.29) is 11.7 Å². The van der Waals surface area contributed by atoms with Gasteiger partial charge in [-0.1, -0.05) is 34.9 Å². The number of carboxylic acids is 1. The number of nitrogens with zero attached hydrogens (tertiary/aromatic N) is 1. The van der Waals surface area contributed by atoms with Crippen LogP contribution < -0.4 is 4.74 Å². The van der Waals surface area contributed by atoms with Gasteiger partial charge in [0.1, 0.15) is 11.4 Å². The molecule has 2 aromatic rings. The lowest BCUT2D eigenvalue weighted by atomic mass is 9.97. The fourth-order valence-corrected chi connectivity index (χ4v) is 2.44. The summed E-state index contributed by atoms with van der Waals surface area (Å²) < 4.78 is 11.1. The van der Waals surface area contributed by atoms with Crippen molar-refractivity contribution in [3.05, 3.63) is 34.0 Å². The highest BCUT2D eigenvalue weighted by Gasteiger charge is 2.19. The number of methoxy groups -OCH3 is 1. The van der Waals surface area contributed by atoms with E-state index in [0.29, 0.717) is 17.0 Å². The van der Waals surface area contributed by atoms with Gasteiger partial charge in [-0.2, -0.15) is 0 Å². The lowest BCUT2D eigenvalue weighted by Gasteiger charge is -2.15.